The molecule has 0 saturated heterocycles. The summed E-state index contributed by atoms with van der Waals surface area (Å²) >= 11 is 0. The normalized spacial score (nSPS) is 10.2. The monoisotopic (exact) mass is 1090 g/mol. The van der Waals surface area contributed by atoms with Crippen molar-refractivity contribution in [3.63, 3.8) is 0 Å². The van der Waals surface area contributed by atoms with Gasteiger partial charge in [-0.1, -0.05) is 218 Å². The average Bonchev–Trinajstić information content (AvgIpc) is 3.24. The summed E-state index contributed by atoms with van der Waals surface area (Å²) in [7, 11) is 0. The van der Waals surface area contributed by atoms with Crippen LogP contribution in [-0.4, -0.2) is 17.3 Å². The molecule has 0 heterocycles. The maximum Gasteiger partial charge on any atom is 2.00 e. The molecule has 59 heavy (non-hydrogen) atoms. The van der Waals surface area contributed by atoms with Gasteiger partial charge in [-0.3, -0.25) is 14.4 Å². The van der Waals surface area contributed by atoms with Crippen LogP contribution in [0.4, 0.5) is 0 Å². The molecule has 0 aromatic heterocycles. The second-order valence-corrected chi connectivity index (χ2v) is 11.7. The number of ketones is 3. The average molecular weight is 1090 g/mol. The maximum absolute atomic E-state index is 11.6. The van der Waals surface area contributed by atoms with Crippen molar-refractivity contribution in [1.29, 1.82) is 0 Å². The number of benzene rings is 6. The van der Waals surface area contributed by atoms with E-state index in [4.69, 9.17) is 0 Å². The molecule has 0 amide bonds. The number of rotatable bonds is 12. The molecule has 0 N–H and O–H groups in total. The maximum atomic E-state index is 11.6. The molecule has 0 unspecified atom stereocenters. The zero-order valence-corrected chi connectivity index (χ0v) is 37.9. The van der Waals surface area contributed by atoms with Crippen LogP contribution in [-0.2, 0) is 75.7 Å². The van der Waals surface area contributed by atoms with Gasteiger partial charge in [0.25, 0.3) is 0 Å². The van der Waals surface area contributed by atoms with E-state index >= 15 is 0 Å². The number of hydrogen-bond acceptors (Lipinski definition) is 3. The fraction of sp³-hybridized carbons (Fsp3) is 0. The minimum Gasteiger partial charge on any atom is -1.00 e. The third-order valence-corrected chi connectivity index (χ3v) is 7.44. The largest absolute Gasteiger partial charge is 2.00 e. The molecule has 6 rings (SSSR count). The van der Waals surface area contributed by atoms with Gasteiger partial charge < -0.3 is 24.8 Å². The van der Waals surface area contributed by atoms with Gasteiger partial charge in [0.05, 0.1) is 0 Å². The van der Waals surface area contributed by atoms with Crippen LogP contribution in [0.3, 0.4) is 0 Å². The predicted octanol–water partition coefficient (Wildman–Crippen LogP) is 5.95. The SMILES string of the molecule is O=C(C=Cc1ccccc1)C=Cc1ccccc1.O=C(C=Cc1ccccc1)C=Cc1ccccc1.O=C(C=Cc1ccccc1)C=Cc1ccccc1.[Cl-].[Cl-].[Pd+2].[Pd].[Pd]. The Morgan fingerprint density at radius 1 is 0.254 bits per heavy atom. The van der Waals surface area contributed by atoms with Gasteiger partial charge >= 0.3 is 20.4 Å². The van der Waals surface area contributed by atoms with E-state index in [1.165, 1.54) is 0 Å². The van der Waals surface area contributed by atoms with Crippen molar-refractivity contribution in [3.8, 4) is 0 Å². The summed E-state index contributed by atoms with van der Waals surface area (Å²) in [5.74, 6) is -0.0341. The smallest absolute Gasteiger partial charge is 1.00 e. The number of hydrogen-bond donors (Lipinski definition) is 0. The number of carbonyl (C=O) groups is 3. The van der Waals surface area contributed by atoms with Crippen molar-refractivity contribution < 1.29 is 100 Å². The standard InChI is InChI=1S/3C17H14O.2ClH.3Pd/c3*18-17(13-11-15-7-3-1-4-8-15)14-12-16-9-5-2-6-10-16;;;;;/h3*1-14H;2*1H;;;/q;;;;;;;+2/p-2. The van der Waals surface area contributed by atoms with E-state index < -0.39 is 0 Å². The predicted molar refractivity (Wildman–Crippen MR) is 228 cm³/mol. The molecule has 0 radical (unpaired) electrons. The van der Waals surface area contributed by atoms with E-state index in [1.54, 1.807) is 36.5 Å². The molecule has 0 spiro atoms. The van der Waals surface area contributed by atoms with Crippen molar-refractivity contribution in [1.82, 2.24) is 0 Å². The fourth-order valence-corrected chi connectivity index (χ4v) is 4.62. The molecule has 0 aliphatic rings. The second kappa shape index (κ2) is 35.3. The van der Waals surface area contributed by atoms with E-state index in [2.05, 4.69) is 0 Å². The van der Waals surface area contributed by atoms with Gasteiger partial charge in [-0.25, -0.2) is 0 Å². The van der Waals surface area contributed by atoms with Crippen molar-refractivity contribution in [2.24, 2.45) is 0 Å². The molecule has 0 aliphatic heterocycles. The molecule has 0 fully saturated rings. The van der Waals surface area contributed by atoms with Crippen molar-refractivity contribution in [2.45, 2.75) is 0 Å². The molecule has 6 aromatic rings. The van der Waals surface area contributed by atoms with Crippen LogP contribution in [0.2, 0.25) is 0 Å². The van der Waals surface area contributed by atoms with Crippen LogP contribution in [0.5, 0.6) is 0 Å². The van der Waals surface area contributed by atoms with Crippen molar-refractivity contribution in [2.75, 3.05) is 0 Å². The Hall–Kier alpha value is -4.66. The minimum absolute atomic E-state index is 0. The van der Waals surface area contributed by atoms with Crippen molar-refractivity contribution >= 4 is 53.8 Å². The minimum atomic E-state index is -0.0114. The van der Waals surface area contributed by atoms with Gasteiger partial charge in [0.15, 0.2) is 17.3 Å². The first kappa shape index (κ1) is 56.4. The van der Waals surface area contributed by atoms with Crippen LogP contribution >= 0.6 is 0 Å². The summed E-state index contributed by atoms with van der Waals surface area (Å²) in [5, 5.41) is 0. The molecule has 308 valence electrons. The Labute approximate surface area is 402 Å². The second-order valence-electron chi connectivity index (χ2n) is 11.7. The molecule has 8 heteroatoms. The first-order valence-electron chi connectivity index (χ1n) is 17.5. The van der Waals surface area contributed by atoms with Crippen LogP contribution in [0.25, 0.3) is 36.5 Å². The third-order valence-electron chi connectivity index (χ3n) is 7.44. The molecule has 0 aliphatic carbocycles. The van der Waals surface area contributed by atoms with Gasteiger partial charge in [-0.05, 0) is 69.8 Å². The van der Waals surface area contributed by atoms with Crippen molar-refractivity contribution in [3.05, 3.63) is 252 Å². The molecule has 3 nitrogen and oxygen atoms in total. The van der Waals surface area contributed by atoms with E-state index in [0.29, 0.717) is 0 Å². The molecular weight excluding hydrogens is 1050 g/mol. The van der Waals surface area contributed by atoms with Gasteiger partial charge in [0, 0.05) is 40.8 Å². The summed E-state index contributed by atoms with van der Waals surface area (Å²) in [5.41, 5.74) is 6.16. The van der Waals surface area contributed by atoms with Crippen LogP contribution < -0.4 is 24.8 Å². The summed E-state index contributed by atoms with van der Waals surface area (Å²) in [6.07, 6.45) is 20.4. The van der Waals surface area contributed by atoms with Gasteiger partial charge in [-0.2, -0.15) is 0 Å². The molecule has 6 aromatic carbocycles. The first-order chi connectivity index (χ1) is 26.5. The third kappa shape index (κ3) is 26.1. The number of halogens is 2. The Morgan fingerprint density at radius 3 is 0.492 bits per heavy atom. The zero-order chi connectivity index (χ0) is 37.9. The van der Waals surface area contributed by atoms with Gasteiger partial charge in [-0.15, -0.1) is 0 Å². The Balaban J connectivity index is 0. The Morgan fingerprint density at radius 2 is 0.373 bits per heavy atom. The van der Waals surface area contributed by atoms with E-state index in [1.807, 2.05) is 218 Å². The number of carbonyl (C=O) groups excluding carboxylic acids is 3. The van der Waals surface area contributed by atoms with Gasteiger partial charge in [0.2, 0.25) is 0 Å². The Bertz CT molecular complexity index is 1780. The summed E-state index contributed by atoms with van der Waals surface area (Å²) in [6, 6.07) is 58.7. The molecule has 0 atom stereocenters. The molecule has 0 saturated carbocycles. The fourth-order valence-electron chi connectivity index (χ4n) is 4.62. The Kier molecular flexibility index (Phi) is 33.8. The van der Waals surface area contributed by atoms with Crippen LogP contribution in [0.15, 0.2) is 218 Å². The summed E-state index contributed by atoms with van der Waals surface area (Å²) in [4.78, 5) is 34.8. The topological polar surface area (TPSA) is 51.2 Å². The van der Waals surface area contributed by atoms with Crippen LogP contribution in [0.1, 0.15) is 33.4 Å². The first-order valence-corrected chi connectivity index (χ1v) is 17.5. The van der Waals surface area contributed by atoms with E-state index in [9.17, 15) is 14.4 Å². The number of allylic oxidation sites excluding steroid dienone is 6. The van der Waals surface area contributed by atoms with Gasteiger partial charge in [0.1, 0.15) is 0 Å². The summed E-state index contributed by atoms with van der Waals surface area (Å²) in [6.45, 7) is 0. The molecule has 0 bridgehead atoms. The van der Waals surface area contributed by atoms with E-state index in [-0.39, 0.29) is 103 Å². The summed E-state index contributed by atoms with van der Waals surface area (Å²) < 4.78 is 0. The molecular formula is C51H42Cl2O3Pd3. The van der Waals surface area contributed by atoms with Crippen LogP contribution in [0, 0.1) is 0 Å². The van der Waals surface area contributed by atoms with E-state index in [0.717, 1.165) is 33.4 Å². The zero-order valence-electron chi connectivity index (χ0n) is 31.7. The quantitative estimate of drug-likeness (QED) is 0.113.